The van der Waals surface area contributed by atoms with Crippen LogP contribution >= 0.6 is 0 Å². The van der Waals surface area contributed by atoms with E-state index >= 15 is 0 Å². The fourth-order valence-corrected chi connectivity index (χ4v) is 6.86. The lowest BCUT2D eigenvalue weighted by atomic mass is 10.0. The molecule has 0 rings (SSSR count). The minimum Gasteiger partial charge on any atom is -0.465 e. The second-order valence-corrected chi connectivity index (χ2v) is 15.5. The number of nitrogens with zero attached hydrogens (tertiary/aromatic N) is 1. The van der Waals surface area contributed by atoms with Crippen molar-refractivity contribution in [3.05, 3.63) is 0 Å². The van der Waals surface area contributed by atoms with E-state index in [-0.39, 0.29) is 12.1 Å². The molecule has 0 aromatic heterocycles. The molecule has 8 nitrogen and oxygen atoms in total. The van der Waals surface area contributed by atoms with Crippen LogP contribution in [0.4, 0.5) is 0 Å². The van der Waals surface area contributed by atoms with Crippen molar-refractivity contribution in [2.24, 2.45) is 11.7 Å². The first-order valence-electron chi connectivity index (χ1n) is 22.9. The highest BCUT2D eigenvalue weighted by molar-refractivity contribution is 5.94. The second kappa shape index (κ2) is 40.0. The third-order valence-electron chi connectivity index (χ3n) is 10.4. The van der Waals surface area contributed by atoms with Gasteiger partial charge >= 0.3 is 17.9 Å². The molecular formula is C45H88N2O6. The van der Waals surface area contributed by atoms with E-state index in [0.29, 0.717) is 32.6 Å². The molecule has 0 aliphatic carbocycles. The first-order valence-corrected chi connectivity index (χ1v) is 22.9. The van der Waals surface area contributed by atoms with Crippen molar-refractivity contribution in [1.82, 2.24) is 4.90 Å². The van der Waals surface area contributed by atoms with Crippen LogP contribution in [0.25, 0.3) is 0 Å². The average molecular weight is 753 g/mol. The van der Waals surface area contributed by atoms with Crippen LogP contribution in [0.1, 0.15) is 220 Å². The molecule has 0 aromatic rings. The largest absolute Gasteiger partial charge is 0.465 e. The van der Waals surface area contributed by atoms with E-state index in [1.807, 2.05) is 0 Å². The third-order valence-corrected chi connectivity index (χ3v) is 10.4. The average Bonchev–Trinajstić information content (AvgIpc) is 3.15. The zero-order valence-electron chi connectivity index (χ0n) is 35.6. The van der Waals surface area contributed by atoms with Gasteiger partial charge in [0.15, 0.2) is 5.92 Å². The smallest absolute Gasteiger partial charge is 0.320 e. The Labute approximate surface area is 328 Å². The van der Waals surface area contributed by atoms with Gasteiger partial charge in [0.1, 0.15) is 6.10 Å². The molecule has 0 aromatic carbocycles. The monoisotopic (exact) mass is 753 g/mol. The highest BCUT2D eigenvalue weighted by Crippen LogP contribution is 2.19. The van der Waals surface area contributed by atoms with Crippen LogP contribution in [0.5, 0.6) is 0 Å². The normalized spacial score (nSPS) is 11.5. The summed E-state index contributed by atoms with van der Waals surface area (Å²) in [4.78, 5) is 40.9. The number of carbonyl (C=O) groups excluding carboxylic acids is 3. The maximum Gasteiger partial charge on any atom is 0.320 e. The summed E-state index contributed by atoms with van der Waals surface area (Å²) < 4.78 is 17.0. The molecule has 0 aliphatic rings. The maximum atomic E-state index is 12.9. The molecule has 0 fully saturated rings. The van der Waals surface area contributed by atoms with Gasteiger partial charge in [-0.3, -0.25) is 14.4 Å². The molecule has 8 heteroatoms. The fraction of sp³-hybridized carbons (Fsp3) is 0.933. The van der Waals surface area contributed by atoms with Crippen LogP contribution in [0, 0.1) is 5.92 Å². The second-order valence-electron chi connectivity index (χ2n) is 15.5. The molecule has 0 radical (unpaired) electrons. The van der Waals surface area contributed by atoms with E-state index < -0.39 is 17.9 Å². The van der Waals surface area contributed by atoms with Crippen molar-refractivity contribution in [2.75, 3.05) is 39.4 Å². The number of nitrogens with two attached hydrogens (primary N) is 1. The van der Waals surface area contributed by atoms with Crippen molar-refractivity contribution < 1.29 is 28.6 Å². The van der Waals surface area contributed by atoms with Gasteiger partial charge in [-0.1, -0.05) is 143 Å². The molecule has 53 heavy (non-hydrogen) atoms. The van der Waals surface area contributed by atoms with E-state index in [2.05, 4.69) is 32.6 Å². The summed E-state index contributed by atoms with van der Waals surface area (Å²) in [7, 11) is 0. The number of esters is 3. The van der Waals surface area contributed by atoms with E-state index in [1.54, 1.807) is 0 Å². The number of hydrogen-bond donors (Lipinski definition) is 1. The van der Waals surface area contributed by atoms with Gasteiger partial charge in [0.2, 0.25) is 0 Å². The summed E-state index contributed by atoms with van der Waals surface area (Å²) >= 11 is 0. The molecule has 2 N–H and O–H groups in total. The van der Waals surface area contributed by atoms with Crippen molar-refractivity contribution in [3.63, 3.8) is 0 Å². The molecule has 0 bridgehead atoms. The number of carbonyl (C=O) groups is 3. The van der Waals surface area contributed by atoms with Crippen LogP contribution in [-0.4, -0.2) is 68.3 Å². The van der Waals surface area contributed by atoms with Gasteiger partial charge in [-0.25, -0.2) is 0 Å². The van der Waals surface area contributed by atoms with Gasteiger partial charge in [-0.15, -0.1) is 0 Å². The Kier molecular flexibility index (Phi) is 38.7. The van der Waals surface area contributed by atoms with Crippen molar-refractivity contribution in [1.29, 1.82) is 0 Å². The zero-order chi connectivity index (χ0) is 39.0. The Balaban J connectivity index is 4.44. The molecule has 0 saturated heterocycles. The lowest BCUT2D eigenvalue weighted by Crippen LogP contribution is -2.29. The van der Waals surface area contributed by atoms with E-state index in [4.69, 9.17) is 19.9 Å². The number of unbranched alkanes of at least 4 members (excludes halogenated alkanes) is 19. The van der Waals surface area contributed by atoms with Crippen molar-refractivity contribution in [3.8, 4) is 0 Å². The summed E-state index contributed by atoms with van der Waals surface area (Å²) in [6, 6.07) is 0. The molecular weight excluding hydrogens is 665 g/mol. The summed E-state index contributed by atoms with van der Waals surface area (Å²) in [6.45, 7) is 13.4. The van der Waals surface area contributed by atoms with Gasteiger partial charge in [0.25, 0.3) is 0 Å². The predicted molar refractivity (Wildman–Crippen MR) is 222 cm³/mol. The van der Waals surface area contributed by atoms with Crippen LogP contribution in [0.15, 0.2) is 0 Å². The first-order chi connectivity index (χ1) is 25.9. The van der Waals surface area contributed by atoms with Crippen LogP contribution < -0.4 is 5.73 Å². The molecule has 0 heterocycles. The van der Waals surface area contributed by atoms with E-state index in [9.17, 15) is 14.4 Å². The van der Waals surface area contributed by atoms with Crippen LogP contribution in [0.3, 0.4) is 0 Å². The Morgan fingerprint density at radius 1 is 0.472 bits per heavy atom. The Morgan fingerprint density at radius 3 is 1.36 bits per heavy atom. The third kappa shape index (κ3) is 33.4. The lowest BCUT2D eigenvalue weighted by molar-refractivity contribution is -0.162. The standard InChI is InChI=1S/C45H88N2O6/c1-5-9-13-22-31-41(32-23-14-10-6-2)53-43(48)34-25-18-17-20-26-36-47(38-30-35-46)37-27-21-19-24-33-42(44(49)51-39-28-15-11-7-3)45(50)52-40-29-16-12-8-4/h41-42H,5-40,46H2,1-4H3. The SMILES string of the molecule is CCCCCCOC(=O)C(CCCCCCN(CCCN)CCCCCCCC(=O)OC(CCCCCC)CCCCCC)C(=O)OCCCCCC. The van der Waals surface area contributed by atoms with Gasteiger partial charge < -0.3 is 24.8 Å². The highest BCUT2D eigenvalue weighted by atomic mass is 16.6. The summed E-state index contributed by atoms with van der Waals surface area (Å²) in [5.41, 5.74) is 5.85. The topological polar surface area (TPSA) is 108 Å². The molecule has 0 atom stereocenters. The quantitative estimate of drug-likeness (QED) is 0.0285. The predicted octanol–water partition coefficient (Wildman–Crippen LogP) is 11.6. The van der Waals surface area contributed by atoms with Gasteiger partial charge in [0, 0.05) is 6.42 Å². The highest BCUT2D eigenvalue weighted by Gasteiger charge is 2.29. The Morgan fingerprint density at radius 2 is 0.868 bits per heavy atom. The Hall–Kier alpha value is -1.67. The Bertz CT molecular complexity index is 787. The summed E-state index contributed by atoms with van der Waals surface area (Å²) in [5.74, 6) is -1.64. The van der Waals surface area contributed by atoms with Gasteiger partial charge in [-0.05, 0) is 96.8 Å². The van der Waals surface area contributed by atoms with Gasteiger partial charge in [-0.2, -0.15) is 0 Å². The van der Waals surface area contributed by atoms with Crippen LogP contribution in [-0.2, 0) is 28.6 Å². The fourth-order valence-electron chi connectivity index (χ4n) is 6.86. The lowest BCUT2D eigenvalue weighted by Gasteiger charge is -2.22. The maximum absolute atomic E-state index is 12.9. The van der Waals surface area contributed by atoms with E-state index in [1.165, 1.54) is 44.9 Å². The minimum absolute atomic E-state index is 0.0000571. The minimum atomic E-state index is -0.809. The number of hydrogen-bond acceptors (Lipinski definition) is 8. The zero-order valence-corrected chi connectivity index (χ0v) is 35.6. The summed E-state index contributed by atoms with van der Waals surface area (Å²) in [6.07, 6.45) is 31.7. The van der Waals surface area contributed by atoms with Gasteiger partial charge in [0.05, 0.1) is 13.2 Å². The van der Waals surface area contributed by atoms with Crippen molar-refractivity contribution in [2.45, 2.75) is 226 Å². The molecule has 0 unspecified atom stereocenters. The first kappa shape index (κ1) is 51.3. The summed E-state index contributed by atoms with van der Waals surface area (Å²) in [5, 5.41) is 0. The number of rotatable bonds is 41. The molecule has 0 aliphatic heterocycles. The molecule has 314 valence electrons. The van der Waals surface area contributed by atoms with Crippen molar-refractivity contribution >= 4 is 17.9 Å². The number of ether oxygens (including phenoxy) is 3. The molecule has 0 amide bonds. The van der Waals surface area contributed by atoms with E-state index in [0.717, 1.165) is 154 Å². The van der Waals surface area contributed by atoms with Crippen LogP contribution in [0.2, 0.25) is 0 Å². The molecule has 0 saturated carbocycles. The molecule has 0 spiro atoms.